The van der Waals surface area contributed by atoms with Crippen molar-refractivity contribution in [3.8, 4) is 11.5 Å². The lowest BCUT2D eigenvalue weighted by molar-refractivity contribution is 0.0535. The average Bonchev–Trinajstić information content (AvgIpc) is 3.56. The lowest BCUT2D eigenvalue weighted by Gasteiger charge is -2.41. The second-order valence-corrected chi connectivity index (χ2v) is 17.7. The topological polar surface area (TPSA) is 110 Å². The third kappa shape index (κ3) is 10.1. The molecule has 0 aromatic carbocycles. The van der Waals surface area contributed by atoms with E-state index in [9.17, 15) is 13.0 Å². The number of ether oxygens (including phenoxy) is 6. The fourth-order valence-corrected chi connectivity index (χ4v) is 9.56. The highest BCUT2D eigenvalue weighted by atomic mass is 32.2. The Bertz CT molecular complexity index is 1330. The highest BCUT2D eigenvalue weighted by Crippen LogP contribution is 2.57. The van der Waals surface area contributed by atoms with Gasteiger partial charge in [-0.3, -0.25) is 4.55 Å². The van der Waals surface area contributed by atoms with Gasteiger partial charge >= 0.3 is 0 Å². The van der Waals surface area contributed by atoms with Gasteiger partial charge in [0.05, 0.1) is 49.4 Å². The quantitative estimate of drug-likeness (QED) is 0.103. The van der Waals surface area contributed by atoms with Crippen molar-refractivity contribution < 1.29 is 41.4 Å². The molecular formula is C34H58O9S3. The van der Waals surface area contributed by atoms with E-state index >= 15 is 0 Å². The van der Waals surface area contributed by atoms with Crippen molar-refractivity contribution in [3.05, 3.63) is 25.6 Å². The summed E-state index contributed by atoms with van der Waals surface area (Å²) in [7, 11) is -1.36. The molecular weight excluding hydrogens is 649 g/mol. The molecule has 2 rings (SSSR count). The molecule has 0 unspecified atom stereocenters. The molecule has 0 saturated heterocycles. The fraction of sp³-hybridized carbons (Fsp3) is 0.765. The number of thiophene rings is 2. The predicted octanol–water partition coefficient (Wildman–Crippen LogP) is 7.77. The Kier molecular flexibility index (Phi) is 15.0. The van der Waals surface area contributed by atoms with Crippen LogP contribution in [0.25, 0.3) is 0 Å². The van der Waals surface area contributed by atoms with Crippen molar-refractivity contribution in [1.29, 1.82) is 0 Å². The van der Waals surface area contributed by atoms with Gasteiger partial charge in [-0.1, -0.05) is 75.7 Å². The van der Waals surface area contributed by atoms with Crippen LogP contribution in [-0.4, -0.2) is 80.0 Å². The molecule has 1 N–H and O–H groups in total. The van der Waals surface area contributed by atoms with Gasteiger partial charge in [-0.25, -0.2) is 0 Å². The van der Waals surface area contributed by atoms with Crippen LogP contribution >= 0.6 is 22.7 Å². The first-order chi connectivity index (χ1) is 21.3. The van der Waals surface area contributed by atoms with Crippen molar-refractivity contribution in [2.45, 2.75) is 109 Å². The molecule has 0 aliphatic rings. The van der Waals surface area contributed by atoms with E-state index < -0.39 is 26.4 Å². The molecule has 0 saturated carbocycles. The Morgan fingerprint density at radius 2 is 1.22 bits per heavy atom. The zero-order valence-corrected chi connectivity index (χ0v) is 32.5. The SMILES string of the molecule is CCCC(C)(C)c1sc(C(C)(C)C(C)(C)c2sc(C(C)(C)C)c(S(=O)(=O)O)c2OCCOCCOC)cc1OCCOCCOC. The Hall–Kier alpha value is -1.25. The van der Waals surface area contributed by atoms with Crippen LogP contribution in [0.4, 0.5) is 0 Å². The largest absolute Gasteiger partial charge is 0.490 e. The van der Waals surface area contributed by atoms with Gasteiger partial charge in [-0.15, -0.1) is 22.7 Å². The second-order valence-electron chi connectivity index (χ2n) is 14.2. The first kappa shape index (κ1) is 40.9. The van der Waals surface area contributed by atoms with Crippen LogP contribution in [-0.2, 0) is 50.7 Å². The predicted molar refractivity (Wildman–Crippen MR) is 188 cm³/mol. The van der Waals surface area contributed by atoms with Gasteiger partial charge in [-0.2, -0.15) is 8.42 Å². The summed E-state index contributed by atoms with van der Waals surface area (Å²) < 4.78 is 70.4. The van der Waals surface area contributed by atoms with Crippen molar-refractivity contribution >= 4 is 32.8 Å². The Labute approximate surface area is 286 Å². The first-order valence-corrected chi connectivity index (χ1v) is 19.0. The maximum Gasteiger partial charge on any atom is 0.299 e. The molecule has 0 atom stereocenters. The van der Waals surface area contributed by atoms with Crippen LogP contribution in [0.5, 0.6) is 11.5 Å². The summed E-state index contributed by atoms with van der Waals surface area (Å²) in [5.41, 5.74) is -1.81. The normalized spacial score (nSPS) is 13.4. The van der Waals surface area contributed by atoms with E-state index in [1.54, 1.807) is 25.6 Å². The lowest BCUT2D eigenvalue weighted by Crippen LogP contribution is -2.39. The van der Waals surface area contributed by atoms with E-state index in [0.29, 0.717) is 44.5 Å². The van der Waals surface area contributed by atoms with Crippen LogP contribution in [0.3, 0.4) is 0 Å². The molecule has 0 amide bonds. The van der Waals surface area contributed by atoms with Crippen LogP contribution in [0.15, 0.2) is 11.0 Å². The summed E-state index contributed by atoms with van der Waals surface area (Å²) in [4.78, 5) is 3.44. The molecule has 0 radical (unpaired) electrons. The molecule has 0 aliphatic carbocycles. The molecule has 9 nitrogen and oxygen atoms in total. The van der Waals surface area contributed by atoms with E-state index in [1.807, 2.05) is 20.8 Å². The van der Waals surface area contributed by atoms with Gasteiger partial charge < -0.3 is 28.4 Å². The van der Waals surface area contributed by atoms with Crippen molar-refractivity contribution in [2.24, 2.45) is 0 Å². The van der Waals surface area contributed by atoms with Crippen LogP contribution in [0, 0.1) is 0 Å². The number of hydrogen-bond donors (Lipinski definition) is 1. The summed E-state index contributed by atoms with van der Waals surface area (Å²) in [5, 5.41) is 0. The third-order valence-electron chi connectivity index (χ3n) is 8.52. The van der Waals surface area contributed by atoms with Gasteiger partial charge in [0.15, 0.2) is 10.6 Å². The van der Waals surface area contributed by atoms with Crippen molar-refractivity contribution in [2.75, 3.05) is 67.1 Å². The van der Waals surface area contributed by atoms with Gasteiger partial charge in [0.1, 0.15) is 19.0 Å². The zero-order valence-electron chi connectivity index (χ0n) is 30.1. The molecule has 0 fully saturated rings. The average molecular weight is 707 g/mol. The minimum atomic E-state index is -4.61. The lowest BCUT2D eigenvalue weighted by atomic mass is 9.66. The van der Waals surface area contributed by atoms with Gasteiger partial charge in [0.2, 0.25) is 0 Å². The Balaban J connectivity index is 2.65. The minimum absolute atomic E-state index is 0.109. The molecule has 0 bridgehead atoms. The maximum atomic E-state index is 13.0. The number of methoxy groups -OCH3 is 2. The molecule has 2 aromatic heterocycles. The summed E-state index contributed by atoms with van der Waals surface area (Å²) in [6.45, 7) is 24.2. The molecule has 266 valence electrons. The summed E-state index contributed by atoms with van der Waals surface area (Å²) in [5.74, 6) is 1.04. The van der Waals surface area contributed by atoms with E-state index in [1.165, 1.54) is 16.2 Å². The van der Waals surface area contributed by atoms with E-state index in [-0.39, 0.29) is 29.3 Å². The van der Waals surface area contributed by atoms with Gasteiger partial charge in [0.25, 0.3) is 10.1 Å². The summed E-state index contributed by atoms with van der Waals surface area (Å²) in [6, 6.07) is 2.14. The third-order valence-corrected chi connectivity index (χ3v) is 13.3. The van der Waals surface area contributed by atoms with Crippen LogP contribution < -0.4 is 9.47 Å². The smallest absolute Gasteiger partial charge is 0.299 e. The Morgan fingerprint density at radius 1 is 0.696 bits per heavy atom. The summed E-state index contributed by atoms with van der Waals surface area (Å²) in [6.07, 6.45) is 2.03. The van der Waals surface area contributed by atoms with E-state index in [2.05, 4.69) is 54.5 Å². The molecule has 12 heteroatoms. The molecule has 0 spiro atoms. The molecule has 2 aromatic rings. The van der Waals surface area contributed by atoms with Gasteiger partial charge in [-0.05, 0) is 17.9 Å². The first-order valence-electron chi connectivity index (χ1n) is 16.0. The molecule has 46 heavy (non-hydrogen) atoms. The van der Waals surface area contributed by atoms with Crippen LogP contribution in [0.1, 0.15) is 102 Å². The minimum Gasteiger partial charge on any atom is -0.490 e. The molecule has 0 aliphatic heterocycles. The molecule has 2 heterocycles. The number of hydrogen-bond acceptors (Lipinski definition) is 10. The van der Waals surface area contributed by atoms with E-state index in [0.717, 1.165) is 28.3 Å². The van der Waals surface area contributed by atoms with Gasteiger partial charge in [0, 0.05) is 40.2 Å². The maximum absolute atomic E-state index is 13.0. The monoisotopic (exact) mass is 706 g/mol. The highest BCUT2D eigenvalue weighted by Gasteiger charge is 2.48. The van der Waals surface area contributed by atoms with Crippen molar-refractivity contribution in [1.82, 2.24) is 0 Å². The Morgan fingerprint density at radius 3 is 1.70 bits per heavy atom. The fourth-order valence-electron chi connectivity index (χ4n) is 5.16. The van der Waals surface area contributed by atoms with Crippen molar-refractivity contribution in [3.63, 3.8) is 0 Å². The standard InChI is InChI=1S/C34H58O9S3/c1-13-14-32(5,6)28-24(42-21-19-40-17-15-38-11)23-25(44-28)33(7,8)34(9,10)29-26(43-22-20-41-18-16-39-12)27(46(35,36)37)30(45-29)31(2,3)4/h23H,13-22H2,1-12H3,(H,35,36,37). The van der Waals surface area contributed by atoms with Crippen LogP contribution in [0.2, 0.25) is 0 Å². The van der Waals surface area contributed by atoms with E-state index in [4.69, 9.17) is 28.4 Å². The second kappa shape index (κ2) is 16.9. The summed E-state index contributed by atoms with van der Waals surface area (Å²) >= 11 is 3.13. The highest BCUT2D eigenvalue weighted by molar-refractivity contribution is 7.86. The zero-order chi connectivity index (χ0) is 35.0. The number of rotatable bonds is 21.